The molecule has 0 radical (unpaired) electrons. The van der Waals surface area contributed by atoms with Crippen LogP contribution >= 0.6 is 0 Å². The van der Waals surface area contributed by atoms with E-state index in [1.54, 1.807) is 12.1 Å². The minimum Gasteiger partial charge on any atom is -0.263 e. The van der Waals surface area contributed by atoms with Crippen molar-refractivity contribution in [3.05, 3.63) is 49.1 Å². The summed E-state index contributed by atoms with van der Waals surface area (Å²) in [5, 5.41) is 0. The number of nitrogens with zero attached hydrogens (tertiary/aromatic N) is 4. The molecule has 0 atom stereocenters. The fourth-order valence-electron chi connectivity index (χ4n) is 4.40. The SMILES string of the molecule is O=S(=O)(c1cccnc1)N1CCN(S(=O)(=O)c2cccnc2)C2(CCCCC2)C1. The van der Waals surface area contributed by atoms with E-state index in [4.69, 9.17) is 0 Å². The first-order chi connectivity index (χ1) is 13.9. The van der Waals surface area contributed by atoms with Crippen LogP contribution < -0.4 is 0 Å². The number of hydrogen-bond donors (Lipinski definition) is 0. The lowest BCUT2D eigenvalue weighted by atomic mass is 9.80. The van der Waals surface area contributed by atoms with Crippen molar-refractivity contribution in [2.75, 3.05) is 19.6 Å². The van der Waals surface area contributed by atoms with Gasteiger partial charge in [0, 0.05) is 44.4 Å². The van der Waals surface area contributed by atoms with E-state index in [-0.39, 0.29) is 29.4 Å². The van der Waals surface area contributed by atoms with E-state index in [0.717, 1.165) is 19.3 Å². The van der Waals surface area contributed by atoms with Crippen molar-refractivity contribution in [1.29, 1.82) is 0 Å². The maximum absolute atomic E-state index is 13.4. The second-order valence-corrected chi connectivity index (χ2v) is 11.4. The van der Waals surface area contributed by atoms with Gasteiger partial charge in [-0.2, -0.15) is 8.61 Å². The maximum atomic E-state index is 13.4. The van der Waals surface area contributed by atoms with Gasteiger partial charge in [-0.15, -0.1) is 0 Å². The molecule has 0 N–H and O–H groups in total. The molecule has 8 nitrogen and oxygen atoms in total. The fourth-order valence-corrected chi connectivity index (χ4v) is 7.65. The van der Waals surface area contributed by atoms with Gasteiger partial charge in [-0.05, 0) is 37.1 Å². The highest BCUT2D eigenvalue weighted by atomic mass is 32.2. The van der Waals surface area contributed by atoms with Gasteiger partial charge in [0.25, 0.3) is 0 Å². The second-order valence-electron chi connectivity index (χ2n) is 7.58. The number of piperazine rings is 1. The zero-order valence-corrected chi connectivity index (χ0v) is 17.6. The molecule has 156 valence electrons. The van der Waals surface area contributed by atoms with E-state index in [1.807, 2.05) is 0 Å². The van der Waals surface area contributed by atoms with Crippen molar-refractivity contribution in [1.82, 2.24) is 18.6 Å². The Hall–Kier alpha value is -1.88. The first kappa shape index (κ1) is 20.4. The Balaban J connectivity index is 1.71. The van der Waals surface area contributed by atoms with Gasteiger partial charge in [0.2, 0.25) is 20.0 Å². The summed E-state index contributed by atoms with van der Waals surface area (Å²) in [6.45, 7) is 0.388. The van der Waals surface area contributed by atoms with Gasteiger partial charge in [-0.1, -0.05) is 19.3 Å². The smallest absolute Gasteiger partial charge is 0.245 e. The van der Waals surface area contributed by atoms with Crippen LogP contribution in [0.15, 0.2) is 58.8 Å². The second kappa shape index (κ2) is 7.75. The summed E-state index contributed by atoms with van der Waals surface area (Å²) < 4.78 is 56.0. The van der Waals surface area contributed by atoms with Gasteiger partial charge in [0.05, 0.1) is 5.54 Å². The summed E-state index contributed by atoms with van der Waals surface area (Å²) in [4.78, 5) is 8.16. The highest BCUT2D eigenvalue weighted by Crippen LogP contribution is 2.40. The largest absolute Gasteiger partial charge is 0.263 e. The average Bonchev–Trinajstić information content (AvgIpc) is 2.75. The molecule has 2 aromatic rings. The molecular formula is C19H24N4O4S2. The molecule has 1 spiro atoms. The van der Waals surface area contributed by atoms with Gasteiger partial charge in [-0.25, -0.2) is 16.8 Å². The molecule has 4 rings (SSSR count). The zero-order valence-electron chi connectivity index (χ0n) is 16.0. The van der Waals surface area contributed by atoms with Crippen LogP contribution in [0.2, 0.25) is 0 Å². The Kier molecular flexibility index (Phi) is 5.45. The average molecular weight is 437 g/mol. The van der Waals surface area contributed by atoms with Crippen LogP contribution in [-0.2, 0) is 20.0 Å². The predicted octanol–water partition coefficient (Wildman–Crippen LogP) is 1.87. The van der Waals surface area contributed by atoms with Crippen molar-refractivity contribution in [2.45, 2.75) is 47.4 Å². The molecule has 10 heteroatoms. The third kappa shape index (κ3) is 3.70. The van der Waals surface area contributed by atoms with Gasteiger partial charge in [0.1, 0.15) is 9.79 Å². The van der Waals surface area contributed by atoms with Crippen LogP contribution in [0.4, 0.5) is 0 Å². The minimum absolute atomic E-state index is 0.110. The van der Waals surface area contributed by atoms with Gasteiger partial charge in [0.15, 0.2) is 0 Å². The van der Waals surface area contributed by atoms with Crippen molar-refractivity contribution in [2.24, 2.45) is 0 Å². The zero-order chi connectivity index (χ0) is 20.5. The molecule has 1 saturated heterocycles. The van der Waals surface area contributed by atoms with Gasteiger partial charge < -0.3 is 0 Å². The van der Waals surface area contributed by atoms with E-state index in [1.165, 1.54) is 45.5 Å². The molecule has 0 aromatic carbocycles. The third-order valence-electron chi connectivity index (χ3n) is 5.83. The number of pyridine rings is 2. The molecule has 3 heterocycles. The molecule has 0 bridgehead atoms. The third-order valence-corrected chi connectivity index (χ3v) is 9.65. The Morgan fingerprint density at radius 2 is 1.38 bits per heavy atom. The predicted molar refractivity (Wildman–Crippen MR) is 107 cm³/mol. The van der Waals surface area contributed by atoms with Crippen LogP contribution in [0.1, 0.15) is 32.1 Å². The standard InChI is InChI=1S/C19H24N4O4S2/c24-28(25,17-6-4-10-20-14-17)22-12-13-23(19(16-22)8-2-1-3-9-19)29(26,27)18-7-5-11-21-15-18/h4-7,10-11,14-15H,1-3,8-9,12-13,16H2. The molecule has 1 saturated carbocycles. The lowest BCUT2D eigenvalue weighted by Gasteiger charge is -2.51. The molecule has 0 amide bonds. The molecular weight excluding hydrogens is 412 g/mol. The lowest BCUT2D eigenvalue weighted by Crippen LogP contribution is -2.65. The van der Waals surface area contributed by atoms with Crippen LogP contribution in [0, 0.1) is 0 Å². The monoisotopic (exact) mass is 436 g/mol. The van der Waals surface area contributed by atoms with E-state index >= 15 is 0 Å². The number of sulfonamides is 2. The Morgan fingerprint density at radius 1 is 0.793 bits per heavy atom. The van der Waals surface area contributed by atoms with Crippen LogP contribution in [-0.4, -0.2) is 60.6 Å². The molecule has 2 aromatic heterocycles. The molecule has 0 unspecified atom stereocenters. The minimum atomic E-state index is -3.77. The normalized spacial score (nSPS) is 21.2. The first-order valence-electron chi connectivity index (χ1n) is 9.69. The highest BCUT2D eigenvalue weighted by Gasteiger charge is 2.50. The van der Waals surface area contributed by atoms with Gasteiger partial charge >= 0.3 is 0 Å². The van der Waals surface area contributed by atoms with Crippen LogP contribution in [0.3, 0.4) is 0 Å². The first-order valence-corrected chi connectivity index (χ1v) is 12.6. The number of hydrogen-bond acceptors (Lipinski definition) is 6. The maximum Gasteiger partial charge on any atom is 0.245 e. The number of aromatic nitrogens is 2. The molecule has 1 aliphatic heterocycles. The Labute approximate surface area is 171 Å². The Bertz CT molecular complexity index is 1050. The van der Waals surface area contributed by atoms with Crippen molar-refractivity contribution >= 4 is 20.0 Å². The summed E-state index contributed by atoms with van der Waals surface area (Å²) >= 11 is 0. The van der Waals surface area contributed by atoms with E-state index < -0.39 is 25.6 Å². The quantitative estimate of drug-likeness (QED) is 0.725. The molecule has 29 heavy (non-hydrogen) atoms. The Morgan fingerprint density at radius 3 is 1.93 bits per heavy atom. The van der Waals surface area contributed by atoms with E-state index in [9.17, 15) is 16.8 Å². The van der Waals surface area contributed by atoms with Crippen LogP contribution in [0.25, 0.3) is 0 Å². The number of rotatable bonds is 4. The van der Waals surface area contributed by atoms with E-state index in [0.29, 0.717) is 12.8 Å². The van der Waals surface area contributed by atoms with Crippen molar-refractivity contribution in [3.8, 4) is 0 Å². The van der Waals surface area contributed by atoms with Crippen molar-refractivity contribution < 1.29 is 16.8 Å². The van der Waals surface area contributed by atoms with E-state index in [2.05, 4.69) is 9.97 Å². The van der Waals surface area contributed by atoms with Gasteiger partial charge in [-0.3, -0.25) is 9.97 Å². The summed E-state index contributed by atoms with van der Waals surface area (Å²) in [7, 11) is -7.50. The summed E-state index contributed by atoms with van der Waals surface area (Å²) in [6.07, 6.45) is 9.81. The van der Waals surface area contributed by atoms with Crippen LogP contribution in [0.5, 0.6) is 0 Å². The molecule has 1 aliphatic carbocycles. The highest BCUT2D eigenvalue weighted by molar-refractivity contribution is 7.89. The lowest BCUT2D eigenvalue weighted by molar-refractivity contribution is 0.0641. The molecule has 2 fully saturated rings. The fraction of sp³-hybridized carbons (Fsp3) is 0.474. The summed E-state index contributed by atoms with van der Waals surface area (Å²) in [5.74, 6) is 0. The van der Waals surface area contributed by atoms with Crippen molar-refractivity contribution in [3.63, 3.8) is 0 Å². The summed E-state index contributed by atoms with van der Waals surface area (Å²) in [6, 6.07) is 6.25. The summed E-state index contributed by atoms with van der Waals surface area (Å²) in [5.41, 5.74) is -0.736. The molecule has 2 aliphatic rings. The topological polar surface area (TPSA) is 101 Å².